The van der Waals surface area contributed by atoms with Gasteiger partial charge in [0.2, 0.25) is 0 Å². The zero-order valence-corrected chi connectivity index (χ0v) is 12.6. The van der Waals surface area contributed by atoms with Crippen molar-refractivity contribution >= 4 is 15.7 Å². The molecule has 0 spiro atoms. The Labute approximate surface area is 124 Å². The van der Waals surface area contributed by atoms with Gasteiger partial charge in [0.05, 0.1) is 11.5 Å². The summed E-state index contributed by atoms with van der Waals surface area (Å²) in [6, 6.07) is 5.66. The van der Waals surface area contributed by atoms with E-state index in [-0.39, 0.29) is 30.1 Å². The molecule has 1 atom stereocenters. The van der Waals surface area contributed by atoms with Crippen LogP contribution in [0.15, 0.2) is 18.2 Å². The number of nitrogens with one attached hydrogen (secondary N) is 1. The van der Waals surface area contributed by atoms with Crippen molar-refractivity contribution in [3.05, 3.63) is 29.3 Å². The summed E-state index contributed by atoms with van der Waals surface area (Å²) in [6.45, 7) is -0.0741. The Balaban J connectivity index is 1.50. The summed E-state index contributed by atoms with van der Waals surface area (Å²) in [7, 11) is -2.97. The van der Waals surface area contributed by atoms with Gasteiger partial charge in [0.1, 0.15) is 5.75 Å². The van der Waals surface area contributed by atoms with E-state index in [1.54, 1.807) is 0 Å². The first-order chi connectivity index (χ1) is 10.0. The van der Waals surface area contributed by atoms with Gasteiger partial charge in [-0.25, -0.2) is 8.42 Å². The molecule has 21 heavy (non-hydrogen) atoms. The van der Waals surface area contributed by atoms with Crippen LogP contribution < -0.4 is 10.1 Å². The van der Waals surface area contributed by atoms with Gasteiger partial charge in [0, 0.05) is 6.04 Å². The normalized spacial score (nSPS) is 22.8. The van der Waals surface area contributed by atoms with Crippen molar-refractivity contribution in [1.82, 2.24) is 5.32 Å². The summed E-state index contributed by atoms with van der Waals surface area (Å²) in [4.78, 5) is 11.8. The molecule has 1 heterocycles. The predicted molar refractivity (Wildman–Crippen MR) is 79.2 cm³/mol. The summed E-state index contributed by atoms with van der Waals surface area (Å²) >= 11 is 0. The minimum atomic E-state index is -2.97. The molecule has 1 amide bonds. The van der Waals surface area contributed by atoms with Gasteiger partial charge in [-0.05, 0) is 48.9 Å². The highest BCUT2D eigenvalue weighted by atomic mass is 32.2. The average Bonchev–Trinajstić information content (AvgIpc) is 3.02. The molecule has 1 aliphatic heterocycles. The van der Waals surface area contributed by atoms with Crippen molar-refractivity contribution in [2.24, 2.45) is 0 Å². The number of aryl methyl sites for hydroxylation is 2. The van der Waals surface area contributed by atoms with E-state index in [9.17, 15) is 13.2 Å². The Morgan fingerprint density at radius 1 is 1.29 bits per heavy atom. The Morgan fingerprint density at radius 3 is 2.86 bits per heavy atom. The quantitative estimate of drug-likeness (QED) is 0.895. The van der Waals surface area contributed by atoms with Crippen molar-refractivity contribution in [3.63, 3.8) is 0 Å². The van der Waals surface area contributed by atoms with Crippen LogP contribution in [0.3, 0.4) is 0 Å². The zero-order valence-electron chi connectivity index (χ0n) is 11.8. The zero-order chi connectivity index (χ0) is 14.9. The Hall–Kier alpha value is -1.56. The Bertz CT molecular complexity index is 654. The fourth-order valence-corrected chi connectivity index (χ4v) is 4.64. The standard InChI is InChI=1S/C15H19NO4S/c17-15(16-13-6-7-21(18,19)10-13)9-20-14-5-4-11-2-1-3-12(11)8-14/h4-5,8,13H,1-3,6-7,9-10H2,(H,16,17). The maximum absolute atomic E-state index is 11.8. The maximum Gasteiger partial charge on any atom is 0.258 e. The number of fused-ring (bicyclic) bond motifs is 1. The van der Waals surface area contributed by atoms with Crippen molar-refractivity contribution < 1.29 is 17.9 Å². The van der Waals surface area contributed by atoms with Crippen LogP contribution in [0.5, 0.6) is 5.75 Å². The third kappa shape index (κ3) is 3.56. The van der Waals surface area contributed by atoms with E-state index in [0.717, 1.165) is 12.8 Å². The second-order valence-electron chi connectivity index (χ2n) is 5.74. The second kappa shape index (κ2) is 5.67. The van der Waals surface area contributed by atoms with Crippen molar-refractivity contribution in [2.75, 3.05) is 18.1 Å². The first kappa shape index (κ1) is 14.4. The van der Waals surface area contributed by atoms with Crippen LogP contribution in [0.2, 0.25) is 0 Å². The highest BCUT2D eigenvalue weighted by Crippen LogP contribution is 2.25. The lowest BCUT2D eigenvalue weighted by atomic mass is 10.1. The molecule has 0 aromatic heterocycles. The second-order valence-corrected chi connectivity index (χ2v) is 7.97. The first-order valence-corrected chi connectivity index (χ1v) is 9.08. The summed E-state index contributed by atoms with van der Waals surface area (Å²) in [5, 5.41) is 2.71. The maximum atomic E-state index is 11.8. The molecule has 114 valence electrons. The molecule has 0 saturated carbocycles. The number of ether oxygens (including phenoxy) is 1. The molecule has 1 unspecified atom stereocenters. The summed E-state index contributed by atoms with van der Waals surface area (Å²) in [5.41, 5.74) is 2.66. The van der Waals surface area contributed by atoms with Gasteiger partial charge in [-0.15, -0.1) is 0 Å². The van der Waals surface area contributed by atoms with Crippen LogP contribution >= 0.6 is 0 Å². The highest BCUT2D eigenvalue weighted by molar-refractivity contribution is 7.91. The molecule has 1 saturated heterocycles. The van der Waals surface area contributed by atoms with E-state index in [2.05, 4.69) is 11.4 Å². The van der Waals surface area contributed by atoms with E-state index in [4.69, 9.17) is 4.74 Å². The van der Waals surface area contributed by atoms with Gasteiger partial charge in [-0.2, -0.15) is 0 Å². The lowest BCUT2D eigenvalue weighted by Gasteiger charge is -2.12. The first-order valence-electron chi connectivity index (χ1n) is 7.26. The number of carbonyl (C=O) groups excluding carboxylic acids is 1. The van der Waals surface area contributed by atoms with Crippen LogP contribution in [-0.4, -0.2) is 38.5 Å². The van der Waals surface area contributed by atoms with E-state index in [1.807, 2.05) is 12.1 Å². The molecule has 1 fully saturated rings. The van der Waals surface area contributed by atoms with Crippen molar-refractivity contribution in [2.45, 2.75) is 31.7 Å². The van der Waals surface area contributed by atoms with Gasteiger partial charge in [0.25, 0.3) is 5.91 Å². The smallest absolute Gasteiger partial charge is 0.258 e. The lowest BCUT2D eigenvalue weighted by molar-refractivity contribution is -0.123. The molecule has 1 aliphatic carbocycles. The number of hydrogen-bond acceptors (Lipinski definition) is 4. The summed E-state index contributed by atoms with van der Waals surface area (Å²) < 4.78 is 28.1. The molecule has 3 rings (SSSR count). The number of amides is 1. The number of carbonyl (C=O) groups is 1. The number of sulfone groups is 1. The molecule has 2 aliphatic rings. The molecule has 0 bridgehead atoms. The SMILES string of the molecule is O=C(COc1ccc2c(c1)CCC2)NC1CCS(=O)(=O)C1. The fourth-order valence-electron chi connectivity index (χ4n) is 2.97. The van der Waals surface area contributed by atoms with Crippen LogP contribution in [0.25, 0.3) is 0 Å². The van der Waals surface area contributed by atoms with Gasteiger partial charge in [0.15, 0.2) is 16.4 Å². The molecular formula is C15H19NO4S. The minimum absolute atomic E-state index is 0.0393. The third-order valence-corrected chi connectivity index (χ3v) is 5.81. The molecule has 1 aromatic carbocycles. The monoisotopic (exact) mass is 309 g/mol. The predicted octanol–water partition coefficient (Wildman–Crippen LogP) is 0.857. The van der Waals surface area contributed by atoms with Crippen molar-refractivity contribution in [1.29, 1.82) is 0 Å². The third-order valence-electron chi connectivity index (χ3n) is 4.04. The largest absolute Gasteiger partial charge is 0.484 e. The molecular weight excluding hydrogens is 290 g/mol. The van der Waals surface area contributed by atoms with Crippen LogP contribution in [0, 0.1) is 0 Å². The van der Waals surface area contributed by atoms with Gasteiger partial charge < -0.3 is 10.1 Å². The molecule has 1 aromatic rings. The van der Waals surface area contributed by atoms with E-state index in [0.29, 0.717) is 12.2 Å². The highest BCUT2D eigenvalue weighted by Gasteiger charge is 2.28. The van der Waals surface area contributed by atoms with Gasteiger partial charge in [-0.1, -0.05) is 6.07 Å². The van der Waals surface area contributed by atoms with Crippen molar-refractivity contribution in [3.8, 4) is 5.75 Å². The molecule has 6 heteroatoms. The molecule has 1 N–H and O–H groups in total. The number of rotatable bonds is 4. The number of hydrogen-bond donors (Lipinski definition) is 1. The van der Waals surface area contributed by atoms with Crippen LogP contribution in [0.4, 0.5) is 0 Å². The topological polar surface area (TPSA) is 72.5 Å². The Morgan fingerprint density at radius 2 is 2.10 bits per heavy atom. The summed E-state index contributed by atoms with van der Waals surface area (Å²) in [6.07, 6.45) is 3.85. The minimum Gasteiger partial charge on any atom is -0.484 e. The Kier molecular flexibility index (Phi) is 3.89. The number of benzene rings is 1. The molecule has 0 radical (unpaired) electrons. The summed E-state index contributed by atoms with van der Waals surface area (Å²) in [5.74, 6) is 0.628. The van der Waals surface area contributed by atoms with E-state index < -0.39 is 9.84 Å². The lowest BCUT2D eigenvalue weighted by Crippen LogP contribution is -2.38. The van der Waals surface area contributed by atoms with Gasteiger partial charge in [-0.3, -0.25) is 4.79 Å². The van der Waals surface area contributed by atoms with E-state index in [1.165, 1.54) is 17.5 Å². The molecule has 5 nitrogen and oxygen atoms in total. The fraction of sp³-hybridized carbons (Fsp3) is 0.533. The van der Waals surface area contributed by atoms with Crippen LogP contribution in [-0.2, 0) is 27.5 Å². The van der Waals surface area contributed by atoms with Crippen LogP contribution in [0.1, 0.15) is 24.0 Å². The van der Waals surface area contributed by atoms with Gasteiger partial charge >= 0.3 is 0 Å². The van der Waals surface area contributed by atoms with E-state index >= 15 is 0 Å². The average molecular weight is 309 g/mol.